The molecule has 1 aliphatic rings. The molecule has 0 atom stereocenters. The summed E-state index contributed by atoms with van der Waals surface area (Å²) in [6.45, 7) is 1.85. The molecule has 2 amide bonds. The highest BCUT2D eigenvalue weighted by Crippen LogP contribution is 2.25. The van der Waals surface area contributed by atoms with E-state index in [9.17, 15) is 9.59 Å². The van der Waals surface area contributed by atoms with Crippen LogP contribution in [-0.2, 0) is 9.59 Å². The van der Waals surface area contributed by atoms with Crippen molar-refractivity contribution in [1.29, 1.82) is 0 Å². The van der Waals surface area contributed by atoms with E-state index in [0.29, 0.717) is 6.54 Å². The number of rotatable bonds is 3. The summed E-state index contributed by atoms with van der Waals surface area (Å²) >= 11 is 0. The second kappa shape index (κ2) is 6.76. The molecule has 0 spiro atoms. The lowest BCUT2D eigenvalue weighted by Gasteiger charge is -2.23. The lowest BCUT2D eigenvalue weighted by atomic mass is 9.85. The average molecular weight is 270 g/mol. The maximum Gasteiger partial charge on any atom is 0.223 e. The molecule has 0 radical (unpaired) electrons. The van der Waals surface area contributed by atoms with Gasteiger partial charge in [0.05, 0.1) is 6.54 Å². The second-order valence-corrected chi connectivity index (χ2v) is 4.91. The van der Waals surface area contributed by atoms with Crippen molar-refractivity contribution >= 4 is 17.5 Å². The van der Waals surface area contributed by atoms with Crippen molar-refractivity contribution in [2.75, 3.05) is 11.9 Å². The summed E-state index contributed by atoms with van der Waals surface area (Å²) in [7, 11) is 0. The third-order valence-corrected chi connectivity index (χ3v) is 3.26. The molecule has 2 N–H and O–H groups in total. The standard InChI is InChI=1S/C16H18N2O2/c1-12(19)18-15-9-7-13(8-10-15)4-3-11-17-16(20)14-5-2-6-14/h7-10,14H,2,5-6,11H2,1H3,(H,17,20)(H,18,19). The van der Waals surface area contributed by atoms with Gasteiger partial charge >= 0.3 is 0 Å². The molecule has 4 nitrogen and oxygen atoms in total. The van der Waals surface area contributed by atoms with Crippen molar-refractivity contribution in [2.24, 2.45) is 5.92 Å². The van der Waals surface area contributed by atoms with E-state index in [2.05, 4.69) is 22.5 Å². The molecule has 0 aliphatic heterocycles. The summed E-state index contributed by atoms with van der Waals surface area (Å²) in [5, 5.41) is 5.52. The SMILES string of the molecule is CC(=O)Nc1ccc(C#CCNC(=O)C2CCC2)cc1. The molecule has 0 bridgehead atoms. The Balaban J connectivity index is 1.79. The van der Waals surface area contributed by atoms with Crippen LogP contribution in [0.15, 0.2) is 24.3 Å². The van der Waals surface area contributed by atoms with Crippen LogP contribution in [0, 0.1) is 17.8 Å². The number of carbonyl (C=O) groups is 2. The van der Waals surface area contributed by atoms with Crippen molar-refractivity contribution < 1.29 is 9.59 Å². The molecular weight excluding hydrogens is 252 g/mol. The monoisotopic (exact) mass is 270 g/mol. The van der Waals surface area contributed by atoms with Crippen LogP contribution in [-0.4, -0.2) is 18.4 Å². The van der Waals surface area contributed by atoms with Crippen molar-refractivity contribution in [3.8, 4) is 11.8 Å². The molecule has 0 heterocycles. The molecule has 1 aliphatic carbocycles. The van der Waals surface area contributed by atoms with Crippen LogP contribution < -0.4 is 10.6 Å². The second-order valence-electron chi connectivity index (χ2n) is 4.91. The van der Waals surface area contributed by atoms with Gasteiger partial charge < -0.3 is 10.6 Å². The van der Waals surface area contributed by atoms with E-state index in [4.69, 9.17) is 0 Å². The highest BCUT2D eigenvalue weighted by Gasteiger charge is 2.24. The Hall–Kier alpha value is -2.28. The van der Waals surface area contributed by atoms with Gasteiger partial charge in [-0.15, -0.1) is 0 Å². The predicted octanol–water partition coefficient (Wildman–Crippen LogP) is 1.91. The molecular formula is C16H18N2O2. The third kappa shape index (κ3) is 4.13. The number of benzene rings is 1. The fourth-order valence-electron chi connectivity index (χ4n) is 1.93. The molecule has 0 saturated heterocycles. The Labute approximate surface area is 118 Å². The summed E-state index contributed by atoms with van der Waals surface area (Å²) in [5.41, 5.74) is 1.61. The summed E-state index contributed by atoms with van der Waals surface area (Å²) in [6.07, 6.45) is 3.16. The Morgan fingerprint density at radius 2 is 1.95 bits per heavy atom. The molecule has 20 heavy (non-hydrogen) atoms. The van der Waals surface area contributed by atoms with Crippen LogP contribution in [0.3, 0.4) is 0 Å². The highest BCUT2D eigenvalue weighted by molar-refractivity contribution is 5.88. The molecule has 1 saturated carbocycles. The lowest BCUT2D eigenvalue weighted by Crippen LogP contribution is -2.34. The normalized spacial score (nSPS) is 13.7. The van der Waals surface area contributed by atoms with Crippen LogP contribution in [0.4, 0.5) is 5.69 Å². The summed E-state index contributed by atoms with van der Waals surface area (Å²) in [6, 6.07) is 7.29. The van der Waals surface area contributed by atoms with Gasteiger partial charge in [0.15, 0.2) is 0 Å². The smallest absolute Gasteiger partial charge is 0.223 e. The Morgan fingerprint density at radius 3 is 2.50 bits per heavy atom. The molecule has 1 aromatic carbocycles. The summed E-state index contributed by atoms with van der Waals surface area (Å²) in [4.78, 5) is 22.4. The van der Waals surface area contributed by atoms with E-state index in [-0.39, 0.29) is 17.7 Å². The van der Waals surface area contributed by atoms with Crippen LogP contribution in [0.2, 0.25) is 0 Å². The van der Waals surface area contributed by atoms with Gasteiger partial charge in [0.1, 0.15) is 0 Å². The van der Waals surface area contributed by atoms with Crippen LogP contribution >= 0.6 is 0 Å². The first-order valence-corrected chi connectivity index (χ1v) is 6.79. The maximum atomic E-state index is 11.6. The molecule has 104 valence electrons. The van der Waals surface area contributed by atoms with Gasteiger partial charge in [-0.1, -0.05) is 18.3 Å². The highest BCUT2D eigenvalue weighted by atomic mass is 16.2. The van der Waals surface area contributed by atoms with Gasteiger partial charge in [0.25, 0.3) is 0 Å². The zero-order valence-corrected chi connectivity index (χ0v) is 11.5. The number of nitrogens with one attached hydrogen (secondary N) is 2. The van der Waals surface area contributed by atoms with Crippen LogP contribution in [0.1, 0.15) is 31.7 Å². The van der Waals surface area contributed by atoms with Gasteiger partial charge in [0.2, 0.25) is 11.8 Å². The quantitative estimate of drug-likeness (QED) is 0.824. The molecule has 2 rings (SSSR count). The van der Waals surface area contributed by atoms with Gasteiger partial charge in [-0.3, -0.25) is 9.59 Å². The maximum absolute atomic E-state index is 11.6. The first-order chi connectivity index (χ1) is 9.65. The number of carbonyl (C=O) groups excluding carboxylic acids is 2. The lowest BCUT2D eigenvalue weighted by molar-refractivity contribution is -0.127. The fraction of sp³-hybridized carbons (Fsp3) is 0.375. The minimum absolute atomic E-state index is 0.0949. The zero-order chi connectivity index (χ0) is 14.4. The first-order valence-electron chi connectivity index (χ1n) is 6.79. The van der Waals surface area contributed by atoms with E-state index in [1.807, 2.05) is 12.1 Å². The van der Waals surface area contributed by atoms with Gasteiger partial charge in [-0.25, -0.2) is 0 Å². The summed E-state index contributed by atoms with van der Waals surface area (Å²) in [5.74, 6) is 6.13. The third-order valence-electron chi connectivity index (χ3n) is 3.26. The minimum Gasteiger partial charge on any atom is -0.345 e. The van der Waals surface area contributed by atoms with Crippen LogP contribution in [0.25, 0.3) is 0 Å². The van der Waals surface area contributed by atoms with E-state index in [1.165, 1.54) is 6.92 Å². The van der Waals surface area contributed by atoms with E-state index in [0.717, 1.165) is 30.5 Å². The molecule has 1 aromatic rings. The summed E-state index contributed by atoms with van der Waals surface area (Å²) < 4.78 is 0. The number of hydrogen-bond donors (Lipinski definition) is 2. The Morgan fingerprint density at radius 1 is 1.25 bits per heavy atom. The van der Waals surface area contributed by atoms with E-state index >= 15 is 0 Å². The Bertz CT molecular complexity index is 548. The molecule has 0 unspecified atom stereocenters. The van der Waals surface area contributed by atoms with Crippen LogP contribution in [0.5, 0.6) is 0 Å². The van der Waals surface area contributed by atoms with Gasteiger partial charge in [-0.2, -0.15) is 0 Å². The number of anilines is 1. The minimum atomic E-state index is -0.0949. The van der Waals surface area contributed by atoms with E-state index < -0.39 is 0 Å². The Kier molecular flexibility index (Phi) is 4.78. The number of hydrogen-bond acceptors (Lipinski definition) is 2. The van der Waals surface area contributed by atoms with Crippen molar-refractivity contribution in [3.63, 3.8) is 0 Å². The molecule has 1 fully saturated rings. The van der Waals surface area contributed by atoms with E-state index in [1.54, 1.807) is 12.1 Å². The van der Waals surface area contributed by atoms with Gasteiger partial charge in [0, 0.05) is 24.1 Å². The zero-order valence-electron chi connectivity index (χ0n) is 11.5. The molecule has 4 heteroatoms. The number of amides is 2. The first kappa shape index (κ1) is 14.1. The topological polar surface area (TPSA) is 58.2 Å². The largest absolute Gasteiger partial charge is 0.345 e. The van der Waals surface area contributed by atoms with Crippen molar-refractivity contribution in [3.05, 3.63) is 29.8 Å². The van der Waals surface area contributed by atoms with Gasteiger partial charge in [-0.05, 0) is 37.1 Å². The predicted molar refractivity (Wildman–Crippen MR) is 78.0 cm³/mol. The fourth-order valence-corrected chi connectivity index (χ4v) is 1.93. The van der Waals surface area contributed by atoms with Crippen molar-refractivity contribution in [2.45, 2.75) is 26.2 Å². The molecule has 0 aromatic heterocycles. The van der Waals surface area contributed by atoms with Crippen molar-refractivity contribution in [1.82, 2.24) is 5.32 Å². The average Bonchev–Trinajstić information content (AvgIpc) is 2.34.